The highest BCUT2D eigenvalue weighted by atomic mass is 35.5. The summed E-state index contributed by atoms with van der Waals surface area (Å²) in [5.74, 6) is -0.208. The fourth-order valence-electron chi connectivity index (χ4n) is 1.62. The van der Waals surface area contributed by atoms with Gasteiger partial charge in [-0.05, 0) is 43.3 Å². The SMILES string of the molecule is COC(=O)CCCNC(=S)N[C@@H](C)c1ccc(Cl)cc1. The van der Waals surface area contributed by atoms with E-state index in [4.69, 9.17) is 23.8 Å². The zero-order valence-corrected chi connectivity index (χ0v) is 13.2. The van der Waals surface area contributed by atoms with Crippen LogP contribution in [0.25, 0.3) is 0 Å². The molecule has 4 nitrogen and oxygen atoms in total. The number of ether oxygens (including phenoxy) is 1. The molecule has 0 aliphatic heterocycles. The highest BCUT2D eigenvalue weighted by molar-refractivity contribution is 7.80. The fraction of sp³-hybridized carbons (Fsp3) is 0.429. The summed E-state index contributed by atoms with van der Waals surface area (Å²) >= 11 is 11.0. The maximum absolute atomic E-state index is 10.9. The topological polar surface area (TPSA) is 50.4 Å². The first-order chi connectivity index (χ1) is 9.52. The Kier molecular flexibility index (Phi) is 7.33. The number of hydrogen-bond donors (Lipinski definition) is 2. The minimum Gasteiger partial charge on any atom is -0.469 e. The lowest BCUT2D eigenvalue weighted by Crippen LogP contribution is -2.37. The molecule has 0 aliphatic rings. The average molecular weight is 315 g/mol. The van der Waals surface area contributed by atoms with Crippen LogP contribution in [0.5, 0.6) is 0 Å². The van der Waals surface area contributed by atoms with E-state index in [-0.39, 0.29) is 12.0 Å². The number of nitrogens with one attached hydrogen (secondary N) is 2. The van der Waals surface area contributed by atoms with Gasteiger partial charge in [-0.3, -0.25) is 4.79 Å². The van der Waals surface area contributed by atoms with E-state index >= 15 is 0 Å². The van der Waals surface area contributed by atoms with Crippen molar-refractivity contribution in [3.63, 3.8) is 0 Å². The van der Waals surface area contributed by atoms with Crippen molar-refractivity contribution in [2.45, 2.75) is 25.8 Å². The largest absolute Gasteiger partial charge is 0.469 e. The Morgan fingerprint density at radius 2 is 2.05 bits per heavy atom. The Labute approximate surface area is 129 Å². The average Bonchev–Trinajstić information content (AvgIpc) is 2.43. The van der Waals surface area contributed by atoms with Gasteiger partial charge in [0.1, 0.15) is 0 Å². The summed E-state index contributed by atoms with van der Waals surface area (Å²) in [7, 11) is 1.38. The molecule has 1 aromatic rings. The summed E-state index contributed by atoms with van der Waals surface area (Å²) in [6, 6.07) is 7.71. The third-order valence-electron chi connectivity index (χ3n) is 2.79. The summed E-state index contributed by atoms with van der Waals surface area (Å²) in [5.41, 5.74) is 1.10. The molecule has 0 saturated heterocycles. The quantitative estimate of drug-likeness (QED) is 0.480. The standard InChI is InChI=1S/C14H19ClN2O2S/c1-10(11-5-7-12(15)8-6-11)17-14(20)16-9-3-4-13(18)19-2/h5-8,10H,3-4,9H2,1-2H3,(H2,16,17,20)/t10-/m0/s1. The van der Waals surface area contributed by atoms with Crippen LogP contribution >= 0.6 is 23.8 Å². The van der Waals surface area contributed by atoms with Crippen LogP contribution in [0, 0.1) is 0 Å². The normalized spacial score (nSPS) is 11.6. The fourth-order valence-corrected chi connectivity index (χ4v) is 2.02. The molecule has 110 valence electrons. The van der Waals surface area contributed by atoms with Crippen molar-refractivity contribution >= 4 is 34.9 Å². The molecule has 0 amide bonds. The Morgan fingerprint density at radius 1 is 1.40 bits per heavy atom. The molecule has 1 atom stereocenters. The Bertz CT molecular complexity index is 451. The van der Waals surface area contributed by atoms with E-state index in [0.29, 0.717) is 29.5 Å². The Morgan fingerprint density at radius 3 is 2.65 bits per heavy atom. The van der Waals surface area contributed by atoms with Crippen molar-refractivity contribution < 1.29 is 9.53 Å². The number of hydrogen-bond acceptors (Lipinski definition) is 3. The first-order valence-corrected chi connectivity index (χ1v) is 7.18. The third-order valence-corrected chi connectivity index (χ3v) is 3.30. The summed E-state index contributed by atoms with van der Waals surface area (Å²) in [5, 5.41) is 7.52. The molecule has 0 aromatic heterocycles. The Hall–Kier alpha value is -1.33. The summed E-state index contributed by atoms with van der Waals surface area (Å²) in [6.45, 7) is 2.65. The van der Waals surface area contributed by atoms with Crippen LogP contribution in [0.3, 0.4) is 0 Å². The van der Waals surface area contributed by atoms with E-state index in [9.17, 15) is 4.79 Å². The van der Waals surface area contributed by atoms with E-state index in [1.54, 1.807) is 0 Å². The minimum atomic E-state index is -0.208. The van der Waals surface area contributed by atoms with Gasteiger partial charge in [0.25, 0.3) is 0 Å². The van der Waals surface area contributed by atoms with Crippen LogP contribution in [-0.2, 0) is 9.53 Å². The molecule has 0 spiro atoms. The number of methoxy groups -OCH3 is 1. The summed E-state index contributed by atoms with van der Waals surface area (Å²) in [4.78, 5) is 10.9. The van der Waals surface area contributed by atoms with E-state index in [0.717, 1.165) is 5.56 Å². The molecule has 0 radical (unpaired) electrons. The van der Waals surface area contributed by atoms with Crippen LogP contribution in [0.15, 0.2) is 24.3 Å². The number of esters is 1. The lowest BCUT2D eigenvalue weighted by atomic mass is 10.1. The smallest absolute Gasteiger partial charge is 0.305 e. The van der Waals surface area contributed by atoms with Gasteiger partial charge in [0.2, 0.25) is 0 Å². The van der Waals surface area contributed by atoms with E-state index in [2.05, 4.69) is 15.4 Å². The first-order valence-electron chi connectivity index (χ1n) is 6.39. The number of rotatable bonds is 6. The van der Waals surface area contributed by atoms with Gasteiger partial charge in [-0.1, -0.05) is 23.7 Å². The van der Waals surface area contributed by atoms with Crippen LogP contribution in [-0.4, -0.2) is 24.7 Å². The molecule has 6 heteroatoms. The molecule has 1 rings (SSSR count). The number of carbonyl (C=O) groups is 1. The first kappa shape index (κ1) is 16.7. The van der Waals surface area contributed by atoms with Crippen LogP contribution in [0.1, 0.15) is 31.4 Å². The van der Waals surface area contributed by atoms with Crippen molar-refractivity contribution in [2.24, 2.45) is 0 Å². The second kappa shape index (κ2) is 8.76. The van der Waals surface area contributed by atoms with Crippen molar-refractivity contribution in [3.8, 4) is 0 Å². The number of thiocarbonyl (C=S) groups is 1. The molecule has 2 N–H and O–H groups in total. The van der Waals surface area contributed by atoms with Gasteiger partial charge in [-0.2, -0.15) is 0 Å². The molecule has 0 heterocycles. The third kappa shape index (κ3) is 6.21. The summed E-state index contributed by atoms with van der Waals surface area (Å²) < 4.78 is 4.56. The second-order valence-corrected chi connectivity index (χ2v) is 5.20. The van der Waals surface area contributed by atoms with Gasteiger partial charge in [0.05, 0.1) is 13.2 Å². The van der Waals surface area contributed by atoms with Gasteiger partial charge in [-0.15, -0.1) is 0 Å². The lowest BCUT2D eigenvalue weighted by molar-refractivity contribution is -0.140. The summed E-state index contributed by atoms with van der Waals surface area (Å²) in [6.07, 6.45) is 1.07. The molecule has 0 unspecified atom stereocenters. The maximum Gasteiger partial charge on any atom is 0.305 e. The molecule has 0 aliphatic carbocycles. The van der Waals surface area contributed by atoms with Crippen molar-refractivity contribution in [1.82, 2.24) is 10.6 Å². The van der Waals surface area contributed by atoms with Crippen LogP contribution in [0.4, 0.5) is 0 Å². The molecule has 0 saturated carbocycles. The predicted molar refractivity (Wildman–Crippen MR) is 84.9 cm³/mol. The molecular formula is C14H19ClN2O2S. The molecule has 20 heavy (non-hydrogen) atoms. The van der Waals surface area contributed by atoms with E-state index < -0.39 is 0 Å². The Balaban J connectivity index is 2.28. The maximum atomic E-state index is 10.9. The van der Waals surface area contributed by atoms with Crippen LogP contribution < -0.4 is 10.6 Å². The van der Waals surface area contributed by atoms with Gasteiger partial charge >= 0.3 is 5.97 Å². The van der Waals surface area contributed by atoms with Crippen molar-refractivity contribution in [1.29, 1.82) is 0 Å². The molecule has 0 bridgehead atoms. The number of benzene rings is 1. The van der Waals surface area contributed by atoms with Gasteiger partial charge in [0.15, 0.2) is 5.11 Å². The molecule has 0 fully saturated rings. The second-order valence-electron chi connectivity index (χ2n) is 4.35. The van der Waals surface area contributed by atoms with Crippen molar-refractivity contribution in [2.75, 3.05) is 13.7 Å². The number of halogens is 1. The molecule has 1 aromatic carbocycles. The highest BCUT2D eigenvalue weighted by Gasteiger charge is 2.06. The monoisotopic (exact) mass is 314 g/mol. The van der Waals surface area contributed by atoms with Gasteiger partial charge in [0, 0.05) is 18.0 Å². The zero-order chi connectivity index (χ0) is 15.0. The minimum absolute atomic E-state index is 0.0906. The number of carbonyl (C=O) groups excluding carboxylic acids is 1. The van der Waals surface area contributed by atoms with Crippen LogP contribution in [0.2, 0.25) is 5.02 Å². The van der Waals surface area contributed by atoms with E-state index in [1.807, 2.05) is 31.2 Å². The van der Waals surface area contributed by atoms with E-state index in [1.165, 1.54) is 7.11 Å². The predicted octanol–water partition coefficient (Wildman–Crippen LogP) is 2.82. The lowest BCUT2D eigenvalue weighted by Gasteiger charge is -2.17. The van der Waals surface area contributed by atoms with Gasteiger partial charge < -0.3 is 15.4 Å². The highest BCUT2D eigenvalue weighted by Crippen LogP contribution is 2.15. The van der Waals surface area contributed by atoms with Gasteiger partial charge in [-0.25, -0.2) is 0 Å². The molecular weight excluding hydrogens is 296 g/mol. The zero-order valence-electron chi connectivity index (χ0n) is 11.6. The van der Waals surface area contributed by atoms with Crippen molar-refractivity contribution in [3.05, 3.63) is 34.9 Å².